The number of benzene rings is 1. The van der Waals surface area contributed by atoms with Crippen LogP contribution in [0.3, 0.4) is 0 Å². The summed E-state index contributed by atoms with van der Waals surface area (Å²) in [6.07, 6.45) is 0.250. The zero-order chi connectivity index (χ0) is 12.7. The van der Waals surface area contributed by atoms with Crippen LogP contribution in [0.2, 0.25) is 0 Å². The SMILES string of the molecule is CCC(C)=NNC(=O)C(C)Oc1ccccc1. The number of carbonyl (C=O) groups is 1. The molecule has 0 aliphatic heterocycles. The van der Waals surface area contributed by atoms with Crippen molar-refractivity contribution in [1.29, 1.82) is 0 Å². The standard InChI is InChI=1S/C13H18N2O2/c1-4-10(2)14-15-13(16)11(3)17-12-8-6-5-7-9-12/h5-9,11H,4H2,1-3H3,(H,15,16). The fourth-order valence-corrected chi connectivity index (χ4v) is 1.08. The van der Waals surface area contributed by atoms with E-state index in [0.29, 0.717) is 5.75 Å². The van der Waals surface area contributed by atoms with E-state index in [9.17, 15) is 4.79 Å². The van der Waals surface area contributed by atoms with E-state index < -0.39 is 6.10 Å². The van der Waals surface area contributed by atoms with Gasteiger partial charge in [0.2, 0.25) is 0 Å². The van der Waals surface area contributed by atoms with E-state index in [0.717, 1.165) is 12.1 Å². The van der Waals surface area contributed by atoms with Gasteiger partial charge in [-0.05, 0) is 32.4 Å². The molecule has 0 bridgehead atoms. The third-order valence-electron chi connectivity index (χ3n) is 2.29. The van der Waals surface area contributed by atoms with Gasteiger partial charge in [-0.25, -0.2) is 5.43 Å². The fourth-order valence-electron chi connectivity index (χ4n) is 1.08. The molecule has 0 saturated heterocycles. The molecular weight excluding hydrogens is 216 g/mol. The highest BCUT2D eigenvalue weighted by Crippen LogP contribution is 2.10. The second-order valence-electron chi connectivity index (χ2n) is 3.75. The lowest BCUT2D eigenvalue weighted by molar-refractivity contribution is -0.127. The number of hydrogen-bond donors (Lipinski definition) is 1. The van der Waals surface area contributed by atoms with Crippen LogP contribution in [0.25, 0.3) is 0 Å². The Morgan fingerprint density at radius 3 is 2.65 bits per heavy atom. The summed E-state index contributed by atoms with van der Waals surface area (Å²) in [5.74, 6) is 0.424. The summed E-state index contributed by atoms with van der Waals surface area (Å²) < 4.78 is 5.46. The van der Waals surface area contributed by atoms with Gasteiger partial charge in [0.25, 0.3) is 5.91 Å². The van der Waals surface area contributed by atoms with Crippen LogP contribution in [-0.2, 0) is 4.79 Å². The molecule has 1 amide bonds. The molecule has 1 N–H and O–H groups in total. The molecule has 17 heavy (non-hydrogen) atoms. The summed E-state index contributed by atoms with van der Waals surface area (Å²) in [7, 11) is 0. The summed E-state index contributed by atoms with van der Waals surface area (Å²) in [4.78, 5) is 11.6. The summed E-state index contributed by atoms with van der Waals surface area (Å²) >= 11 is 0. The molecule has 0 fully saturated rings. The topological polar surface area (TPSA) is 50.7 Å². The van der Waals surface area contributed by atoms with Crippen molar-refractivity contribution >= 4 is 11.6 Å². The van der Waals surface area contributed by atoms with Gasteiger partial charge in [0, 0.05) is 5.71 Å². The van der Waals surface area contributed by atoms with E-state index in [1.807, 2.05) is 44.2 Å². The van der Waals surface area contributed by atoms with E-state index in [4.69, 9.17) is 4.74 Å². The van der Waals surface area contributed by atoms with Gasteiger partial charge in [-0.1, -0.05) is 25.1 Å². The minimum Gasteiger partial charge on any atom is -0.481 e. The minimum absolute atomic E-state index is 0.248. The summed E-state index contributed by atoms with van der Waals surface area (Å²) in [6, 6.07) is 9.24. The second kappa shape index (κ2) is 6.68. The minimum atomic E-state index is -0.564. The monoisotopic (exact) mass is 234 g/mol. The largest absolute Gasteiger partial charge is 0.481 e. The van der Waals surface area contributed by atoms with Crippen LogP contribution in [0.15, 0.2) is 35.4 Å². The molecule has 1 aromatic carbocycles. The number of para-hydroxylation sites is 1. The molecule has 0 aliphatic carbocycles. The van der Waals surface area contributed by atoms with Crippen molar-refractivity contribution in [2.45, 2.75) is 33.3 Å². The average Bonchev–Trinajstić information content (AvgIpc) is 2.36. The van der Waals surface area contributed by atoms with Crippen LogP contribution < -0.4 is 10.2 Å². The van der Waals surface area contributed by atoms with Gasteiger partial charge in [0.05, 0.1) is 0 Å². The van der Waals surface area contributed by atoms with Gasteiger partial charge in [-0.2, -0.15) is 5.10 Å². The Hall–Kier alpha value is -1.84. The van der Waals surface area contributed by atoms with Gasteiger partial charge in [0.1, 0.15) is 5.75 Å². The Balaban J connectivity index is 2.48. The zero-order valence-electron chi connectivity index (χ0n) is 10.4. The molecule has 4 heteroatoms. The number of nitrogens with zero attached hydrogens (tertiary/aromatic N) is 1. The van der Waals surface area contributed by atoms with Crippen LogP contribution >= 0.6 is 0 Å². The summed E-state index contributed by atoms with van der Waals surface area (Å²) in [6.45, 7) is 5.54. The van der Waals surface area contributed by atoms with Gasteiger partial charge >= 0.3 is 0 Å². The molecule has 4 nitrogen and oxygen atoms in total. The first-order chi connectivity index (χ1) is 8.13. The van der Waals surface area contributed by atoms with E-state index in [1.165, 1.54) is 0 Å². The predicted molar refractivity (Wildman–Crippen MR) is 68.1 cm³/mol. The third kappa shape index (κ3) is 4.68. The smallest absolute Gasteiger partial charge is 0.280 e. The first kappa shape index (κ1) is 13.2. The van der Waals surface area contributed by atoms with Crippen molar-refractivity contribution in [3.05, 3.63) is 30.3 Å². The Kier molecular flexibility index (Phi) is 5.20. The number of carbonyl (C=O) groups excluding carboxylic acids is 1. The first-order valence-corrected chi connectivity index (χ1v) is 5.68. The normalized spacial score (nSPS) is 13.0. The molecule has 92 valence electrons. The Bertz CT molecular complexity index is 388. The number of hydrazone groups is 1. The maximum absolute atomic E-state index is 11.6. The number of hydrogen-bond acceptors (Lipinski definition) is 3. The molecule has 0 aliphatic rings. The Morgan fingerprint density at radius 2 is 2.06 bits per heavy atom. The molecular formula is C13H18N2O2. The molecule has 0 heterocycles. The van der Waals surface area contributed by atoms with Crippen molar-refractivity contribution in [1.82, 2.24) is 5.43 Å². The van der Waals surface area contributed by atoms with E-state index in [1.54, 1.807) is 6.92 Å². The zero-order valence-corrected chi connectivity index (χ0v) is 10.4. The van der Waals surface area contributed by atoms with Crippen molar-refractivity contribution in [3.8, 4) is 5.75 Å². The van der Waals surface area contributed by atoms with Crippen molar-refractivity contribution < 1.29 is 9.53 Å². The maximum atomic E-state index is 11.6. The second-order valence-corrected chi connectivity index (χ2v) is 3.75. The van der Waals surface area contributed by atoms with Crippen LogP contribution in [0, 0.1) is 0 Å². The molecule has 1 unspecified atom stereocenters. The lowest BCUT2D eigenvalue weighted by Gasteiger charge is -2.12. The highest BCUT2D eigenvalue weighted by Gasteiger charge is 2.13. The quantitative estimate of drug-likeness (QED) is 0.628. The summed E-state index contributed by atoms with van der Waals surface area (Å²) in [5.41, 5.74) is 3.36. The van der Waals surface area contributed by atoms with Crippen LogP contribution in [0.4, 0.5) is 0 Å². The third-order valence-corrected chi connectivity index (χ3v) is 2.29. The van der Waals surface area contributed by atoms with Gasteiger partial charge in [-0.15, -0.1) is 0 Å². The molecule has 0 aromatic heterocycles. The lowest BCUT2D eigenvalue weighted by Crippen LogP contribution is -2.33. The number of amides is 1. The Morgan fingerprint density at radius 1 is 1.41 bits per heavy atom. The van der Waals surface area contributed by atoms with Crippen LogP contribution in [0.5, 0.6) is 5.75 Å². The summed E-state index contributed by atoms with van der Waals surface area (Å²) in [5, 5.41) is 3.94. The van der Waals surface area contributed by atoms with Crippen molar-refractivity contribution in [2.24, 2.45) is 5.10 Å². The van der Waals surface area contributed by atoms with Crippen LogP contribution in [0.1, 0.15) is 27.2 Å². The first-order valence-electron chi connectivity index (χ1n) is 5.68. The number of nitrogens with one attached hydrogen (secondary N) is 1. The maximum Gasteiger partial charge on any atom is 0.280 e. The van der Waals surface area contributed by atoms with Crippen molar-refractivity contribution in [3.63, 3.8) is 0 Å². The van der Waals surface area contributed by atoms with Gasteiger partial charge in [-0.3, -0.25) is 4.79 Å². The van der Waals surface area contributed by atoms with E-state index in [2.05, 4.69) is 10.5 Å². The Labute approximate surface area is 102 Å². The molecule has 0 saturated carbocycles. The lowest BCUT2D eigenvalue weighted by atomic mass is 10.3. The molecule has 1 aromatic rings. The molecule has 0 spiro atoms. The van der Waals surface area contributed by atoms with E-state index in [-0.39, 0.29) is 5.91 Å². The average molecular weight is 234 g/mol. The molecule has 0 radical (unpaired) electrons. The molecule has 1 rings (SSSR count). The number of ether oxygens (including phenoxy) is 1. The highest BCUT2D eigenvalue weighted by atomic mass is 16.5. The fraction of sp³-hybridized carbons (Fsp3) is 0.385. The highest BCUT2D eigenvalue weighted by molar-refractivity contribution is 5.85. The number of rotatable bonds is 5. The van der Waals surface area contributed by atoms with Gasteiger partial charge in [0.15, 0.2) is 6.10 Å². The van der Waals surface area contributed by atoms with Crippen molar-refractivity contribution in [2.75, 3.05) is 0 Å². The van der Waals surface area contributed by atoms with Gasteiger partial charge < -0.3 is 4.74 Å². The predicted octanol–water partition coefficient (Wildman–Crippen LogP) is 2.36. The van der Waals surface area contributed by atoms with Crippen LogP contribution in [-0.4, -0.2) is 17.7 Å². The van der Waals surface area contributed by atoms with E-state index >= 15 is 0 Å². The molecule has 1 atom stereocenters.